The van der Waals surface area contributed by atoms with E-state index in [1.807, 2.05) is 6.07 Å². The van der Waals surface area contributed by atoms with Crippen molar-refractivity contribution in [1.82, 2.24) is 5.32 Å². The Bertz CT molecular complexity index is 469. The van der Waals surface area contributed by atoms with Gasteiger partial charge in [-0.25, -0.2) is 0 Å². The van der Waals surface area contributed by atoms with Crippen LogP contribution in [0.3, 0.4) is 0 Å². The van der Waals surface area contributed by atoms with E-state index in [1.54, 1.807) is 6.07 Å². The summed E-state index contributed by atoms with van der Waals surface area (Å²) in [6.07, 6.45) is 1.97. The molecule has 0 bridgehead atoms. The first-order valence-electron chi connectivity index (χ1n) is 6.61. The Hall–Kier alpha value is -1.46. The molecule has 3 rings (SSSR count). The van der Waals surface area contributed by atoms with Crippen LogP contribution in [0.5, 0.6) is 17.2 Å². The molecule has 5 nitrogen and oxygen atoms in total. The van der Waals surface area contributed by atoms with E-state index >= 15 is 0 Å². The number of nitrogens with one attached hydrogen (secondary N) is 1. The smallest absolute Gasteiger partial charge is 0.231 e. The van der Waals surface area contributed by atoms with Gasteiger partial charge in [-0.05, 0) is 25.8 Å². The quantitative estimate of drug-likeness (QED) is 0.872. The van der Waals surface area contributed by atoms with Gasteiger partial charge in [-0.3, -0.25) is 0 Å². The standard InChI is InChI=1S/C14H19NO4/c1-14(2-4-17-5-3-14)15-8-10-6-12-13(7-11(10)16)19-9-18-12/h6-7,15-16H,2-5,8-9H2,1H3. The topological polar surface area (TPSA) is 60.0 Å². The summed E-state index contributed by atoms with van der Waals surface area (Å²) < 4.78 is 15.9. The summed E-state index contributed by atoms with van der Waals surface area (Å²) in [5, 5.41) is 13.5. The fourth-order valence-electron chi connectivity index (χ4n) is 2.42. The number of hydrogen-bond acceptors (Lipinski definition) is 5. The lowest BCUT2D eigenvalue weighted by molar-refractivity contribution is 0.0445. The van der Waals surface area contributed by atoms with Crippen molar-refractivity contribution in [3.05, 3.63) is 17.7 Å². The number of rotatable bonds is 3. The van der Waals surface area contributed by atoms with Crippen molar-refractivity contribution in [3.8, 4) is 17.2 Å². The van der Waals surface area contributed by atoms with Crippen LogP contribution in [0.1, 0.15) is 25.3 Å². The highest BCUT2D eigenvalue weighted by Crippen LogP contribution is 2.37. The summed E-state index contributed by atoms with van der Waals surface area (Å²) >= 11 is 0. The summed E-state index contributed by atoms with van der Waals surface area (Å²) in [5.41, 5.74) is 0.901. The highest BCUT2D eigenvalue weighted by molar-refractivity contribution is 5.51. The first-order chi connectivity index (χ1) is 9.16. The van der Waals surface area contributed by atoms with Crippen molar-refractivity contribution in [2.45, 2.75) is 31.8 Å². The summed E-state index contributed by atoms with van der Waals surface area (Å²) in [6.45, 7) is 4.60. The number of aromatic hydroxyl groups is 1. The molecule has 2 heterocycles. The van der Waals surface area contributed by atoms with Gasteiger partial charge in [0.25, 0.3) is 0 Å². The molecule has 0 radical (unpaired) electrons. The molecule has 0 atom stereocenters. The minimum absolute atomic E-state index is 0.0705. The molecule has 0 saturated carbocycles. The number of phenolic OH excluding ortho intramolecular Hbond substituents is 1. The van der Waals surface area contributed by atoms with Gasteiger partial charge in [-0.15, -0.1) is 0 Å². The zero-order valence-electron chi connectivity index (χ0n) is 11.1. The molecule has 0 spiro atoms. The van der Waals surface area contributed by atoms with Crippen LogP contribution in [-0.2, 0) is 11.3 Å². The first kappa shape index (κ1) is 12.6. The van der Waals surface area contributed by atoms with Gasteiger partial charge in [0.15, 0.2) is 11.5 Å². The molecule has 1 aromatic rings. The van der Waals surface area contributed by atoms with E-state index < -0.39 is 0 Å². The number of phenols is 1. The predicted octanol–water partition coefficient (Wildman–Crippen LogP) is 1.78. The molecule has 1 fully saturated rings. The average molecular weight is 265 g/mol. The van der Waals surface area contributed by atoms with Gasteiger partial charge in [0.1, 0.15) is 5.75 Å². The normalized spacial score (nSPS) is 20.5. The Balaban J connectivity index is 1.69. The maximum Gasteiger partial charge on any atom is 0.231 e. The van der Waals surface area contributed by atoms with E-state index in [-0.39, 0.29) is 18.1 Å². The molecule has 1 saturated heterocycles. The number of hydrogen-bond donors (Lipinski definition) is 2. The van der Waals surface area contributed by atoms with Gasteiger partial charge >= 0.3 is 0 Å². The highest BCUT2D eigenvalue weighted by atomic mass is 16.7. The van der Waals surface area contributed by atoms with Gasteiger partial charge in [0.2, 0.25) is 6.79 Å². The maximum atomic E-state index is 9.99. The molecular formula is C14H19NO4. The van der Waals surface area contributed by atoms with E-state index in [0.29, 0.717) is 18.0 Å². The fraction of sp³-hybridized carbons (Fsp3) is 0.571. The van der Waals surface area contributed by atoms with E-state index in [4.69, 9.17) is 14.2 Å². The molecule has 0 aliphatic carbocycles. The lowest BCUT2D eigenvalue weighted by atomic mass is 9.92. The van der Waals surface area contributed by atoms with Crippen molar-refractivity contribution in [1.29, 1.82) is 0 Å². The number of ether oxygens (including phenoxy) is 3. The van der Waals surface area contributed by atoms with Crippen molar-refractivity contribution in [2.24, 2.45) is 0 Å². The minimum Gasteiger partial charge on any atom is -0.507 e. The average Bonchev–Trinajstić information content (AvgIpc) is 2.84. The molecule has 0 amide bonds. The molecule has 2 N–H and O–H groups in total. The van der Waals surface area contributed by atoms with Crippen molar-refractivity contribution in [2.75, 3.05) is 20.0 Å². The van der Waals surface area contributed by atoms with Gasteiger partial charge in [-0.1, -0.05) is 0 Å². The molecule has 0 aromatic heterocycles. The van der Waals surface area contributed by atoms with Crippen molar-refractivity contribution >= 4 is 0 Å². The first-order valence-corrected chi connectivity index (χ1v) is 6.61. The van der Waals surface area contributed by atoms with E-state index in [0.717, 1.165) is 31.6 Å². The zero-order chi connectivity index (χ0) is 13.3. The van der Waals surface area contributed by atoms with Gasteiger partial charge < -0.3 is 24.6 Å². The third-order valence-electron chi connectivity index (χ3n) is 3.88. The molecule has 104 valence electrons. The molecule has 2 aliphatic heterocycles. The monoisotopic (exact) mass is 265 g/mol. The van der Waals surface area contributed by atoms with Gasteiger partial charge in [-0.2, -0.15) is 0 Å². The summed E-state index contributed by atoms with van der Waals surface area (Å²) in [7, 11) is 0. The summed E-state index contributed by atoms with van der Waals surface area (Å²) in [5.74, 6) is 1.55. The van der Waals surface area contributed by atoms with Crippen LogP contribution in [0.2, 0.25) is 0 Å². The lowest BCUT2D eigenvalue weighted by Gasteiger charge is -2.34. The summed E-state index contributed by atoms with van der Waals surface area (Å²) in [4.78, 5) is 0. The molecule has 2 aliphatic rings. The van der Waals surface area contributed by atoms with Crippen LogP contribution in [0.15, 0.2) is 12.1 Å². The van der Waals surface area contributed by atoms with Crippen LogP contribution in [0.4, 0.5) is 0 Å². The van der Waals surface area contributed by atoms with Gasteiger partial charge in [0, 0.05) is 36.9 Å². The predicted molar refractivity (Wildman–Crippen MR) is 69.5 cm³/mol. The van der Waals surface area contributed by atoms with Crippen LogP contribution in [-0.4, -0.2) is 30.7 Å². The van der Waals surface area contributed by atoms with E-state index in [2.05, 4.69) is 12.2 Å². The summed E-state index contributed by atoms with van der Waals surface area (Å²) in [6, 6.07) is 3.46. The third kappa shape index (κ3) is 2.62. The minimum atomic E-state index is 0.0705. The highest BCUT2D eigenvalue weighted by Gasteiger charge is 2.27. The Kier molecular flexibility index (Phi) is 3.24. The maximum absolute atomic E-state index is 9.99. The molecule has 19 heavy (non-hydrogen) atoms. The number of fused-ring (bicyclic) bond motifs is 1. The van der Waals surface area contributed by atoms with Crippen LogP contribution in [0.25, 0.3) is 0 Å². The second kappa shape index (κ2) is 4.90. The Morgan fingerprint density at radius 3 is 2.63 bits per heavy atom. The van der Waals surface area contributed by atoms with E-state index in [9.17, 15) is 5.11 Å². The SMILES string of the molecule is CC1(NCc2cc3c(cc2O)OCO3)CCOCC1. The zero-order valence-corrected chi connectivity index (χ0v) is 11.1. The van der Waals surface area contributed by atoms with Crippen LogP contribution >= 0.6 is 0 Å². The third-order valence-corrected chi connectivity index (χ3v) is 3.88. The second-order valence-electron chi connectivity index (χ2n) is 5.36. The van der Waals surface area contributed by atoms with Crippen LogP contribution in [0, 0.1) is 0 Å². The largest absolute Gasteiger partial charge is 0.507 e. The second-order valence-corrected chi connectivity index (χ2v) is 5.36. The molecule has 5 heteroatoms. The molecular weight excluding hydrogens is 246 g/mol. The van der Waals surface area contributed by atoms with Crippen molar-refractivity contribution in [3.63, 3.8) is 0 Å². The van der Waals surface area contributed by atoms with E-state index in [1.165, 1.54) is 0 Å². The Labute approximate surface area is 112 Å². The Morgan fingerprint density at radius 2 is 1.89 bits per heavy atom. The molecule has 1 aromatic carbocycles. The lowest BCUT2D eigenvalue weighted by Crippen LogP contribution is -2.46. The van der Waals surface area contributed by atoms with Gasteiger partial charge in [0.05, 0.1) is 0 Å². The van der Waals surface area contributed by atoms with Crippen molar-refractivity contribution < 1.29 is 19.3 Å². The Morgan fingerprint density at radius 1 is 1.21 bits per heavy atom. The fourth-order valence-corrected chi connectivity index (χ4v) is 2.42. The molecule has 0 unspecified atom stereocenters. The number of benzene rings is 1. The van der Waals surface area contributed by atoms with Crippen LogP contribution < -0.4 is 14.8 Å².